The number of carbonyl (C=O) groups excluding carboxylic acids is 1. The van der Waals surface area contributed by atoms with Gasteiger partial charge in [0.2, 0.25) is 0 Å². The van der Waals surface area contributed by atoms with E-state index in [9.17, 15) is 18.0 Å². The van der Waals surface area contributed by atoms with Crippen molar-refractivity contribution < 1.29 is 18.0 Å². The first-order chi connectivity index (χ1) is 10.3. The Kier molecular flexibility index (Phi) is 3.22. The van der Waals surface area contributed by atoms with Crippen molar-refractivity contribution in [3.05, 3.63) is 23.9 Å². The van der Waals surface area contributed by atoms with E-state index in [1.807, 2.05) is 0 Å². The molecule has 6 nitrogen and oxygen atoms in total. The molecule has 0 aliphatic heterocycles. The van der Waals surface area contributed by atoms with E-state index < -0.39 is 17.8 Å². The maximum absolute atomic E-state index is 13.2. The number of hydrogen-bond donors (Lipinski definition) is 1. The molecule has 0 bridgehead atoms. The monoisotopic (exact) mass is 313 g/mol. The van der Waals surface area contributed by atoms with Crippen LogP contribution < -0.4 is 5.73 Å². The molecule has 0 saturated heterocycles. The summed E-state index contributed by atoms with van der Waals surface area (Å²) in [7, 11) is 1.45. The summed E-state index contributed by atoms with van der Waals surface area (Å²) < 4.78 is 42.3. The predicted octanol–water partition coefficient (Wildman–Crippen LogP) is 2.13. The van der Waals surface area contributed by atoms with Gasteiger partial charge in [-0.25, -0.2) is 4.98 Å². The number of nitrogens with two attached hydrogens (primary N) is 1. The van der Waals surface area contributed by atoms with Gasteiger partial charge in [-0.3, -0.25) is 9.48 Å². The summed E-state index contributed by atoms with van der Waals surface area (Å²) in [6.07, 6.45) is 0.610. The molecule has 1 aliphatic rings. The minimum absolute atomic E-state index is 0.00121. The Morgan fingerprint density at radius 2 is 2.09 bits per heavy atom. The number of carbonyl (C=O) groups is 1. The SMILES string of the molecule is Cn1c(-c2cn(C3CCC3)nc2C(F)(F)F)cnc1C(N)=O. The molecule has 118 valence electrons. The van der Waals surface area contributed by atoms with Gasteiger partial charge in [0.05, 0.1) is 23.5 Å². The van der Waals surface area contributed by atoms with E-state index in [1.54, 1.807) is 0 Å². The number of nitrogens with zero attached hydrogens (tertiary/aromatic N) is 4. The minimum Gasteiger partial charge on any atom is -0.363 e. The number of rotatable bonds is 3. The largest absolute Gasteiger partial charge is 0.435 e. The van der Waals surface area contributed by atoms with Crippen LogP contribution >= 0.6 is 0 Å². The van der Waals surface area contributed by atoms with Crippen LogP contribution in [0.4, 0.5) is 13.2 Å². The van der Waals surface area contributed by atoms with Crippen LogP contribution in [-0.4, -0.2) is 25.2 Å². The van der Waals surface area contributed by atoms with Crippen LogP contribution in [0.2, 0.25) is 0 Å². The van der Waals surface area contributed by atoms with Crippen LogP contribution in [0, 0.1) is 0 Å². The number of alkyl halides is 3. The summed E-state index contributed by atoms with van der Waals surface area (Å²) in [5.41, 5.74) is 4.24. The van der Waals surface area contributed by atoms with Gasteiger partial charge >= 0.3 is 6.18 Å². The lowest BCUT2D eigenvalue weighted by Crippen LogP contribution is -2.18. The molecule has 22 heavy (non-hydrogen) atoms. The average molecular weight is 313 g/mol. The third-order valence-corrected chi connectivity index (χ3v) is 3.93. The maximum Gasteiger partial charge on any atom is 0.435 e. The zero-order valence-electron chi connectivity index (χ0n) is 11.8. The Labute approximate surface area is 123 Å². The number of aromatic nitrogens is 4. The molecule has 0 radical (unpaired) electrons. The van der Waals surface area contributed by atoms with Gasteiger partial charge in [-0.05, 0) is 19.3 Å². The van der Waals surface area contributed by atoms with E-state index in [2.05, 4.69) is 10.1 Å². The molecule has 9 heteroatoms. The number of imidazole rings is 1. The van der Waals surface area contributed by atoms with Gasteiger partial charge in [-0.2, -0.15) is 18.3 Å². The highest BCUT2D eigenvalue weighted by Crippen LogP contribution is 2.39. The molecule has 0 spiro atoms. The van der Waals surface area contributed by atoms with Crippen molar-refractivity contribution in [2.24, 2.45) is 12.8 Å². The number of hydrogen-bond acceptors (Lipinski definition) is 3. The van der Waals surface area contributed by atoms with Gasteiger partial charge in [0, 0.05) is 13.2 Å². The number of primary amides is 1. The Balaban J connectivity index is 2.12. The van der Waals surface area contributed by atoms with Gasteiger partial charge < -0.3 is 10.3 Å². The zero-order chi connectivity index (χ0) is 16.1. The van der Waals surface area contributed by atoms with Crippen molar-refractivity contribution in [3.63, 3.8) is 0 Å². The molecule has 3 rings (SSSR count). The third kappa shape index (κ3) is 2.26. The van der Waals surface area contributed by atoms with E-state index in [-0.39, 0.29) is 23.1 Å². The quantitative estimate of drug-likeness (QED) is 0.942. The van der Waals surface area contributed by atoms with Crippen molar-refractivity contribution in [2.45, 2.75) is 31.5 Å². The summed E-state index contributed by atoms with van der Waals surface area (Å²) in [5.74, 6) is -0.895. The zero-order valence-corrected chi connectivity index (χ0v) is 11.8. The molecule has 2 heterocycles. The van der Waals surface area contributed by atoms with E-state index in [0.29, 0.717) is 0 Å². The Morgan fingerprint density at radius 3 is 2.55 bits per heavy atom. The van der Waals surface area contributed by atoms with Crippen molar-refractivity contribution in [1.82, 2.24) is 19.3 Å². The Morgan fingerprint density at radius 1 is 1.41 bits per heavy atom. The van der Waals surface area contributed by atoms with Crippen LogP contribution in [-0.2, 0) is 13.2 Å². The minimum atomic E-state index is -4.58. The molecule has 0 aromatic carbocycles. The molecule has 1 fully saturated rings. The fourth-order valence-electron chi connectivity index (χ4n) is 2.52. The maximum atomic E-state index is 13.2. The van der Waals surface area contributed by atoms with Crippen molar-refractivity contribution >= 4 is 5.91 Å². The Bertz CT molecular complexity index is 727. The average Bonchev–Trinajstić information content (AvgIpc) is 2.89. The fourth-order valence-corrected chi connectivity index (χ4v) is 2.52. The second kappa shape index (κ2) is 4.85. The highest BCUT2D eigenvalue weighted by Gasteiger charge is 2.39. The van der Waals surface area contributed by atoms with Gasteiger partial charge in [-0.15, -0.1) is 0 Å². The fraction of sp³-hybridized carbons (Fsp3) is 0.462. The predicted molar refractivity (Wildman–Crippen MR) is 70.8 cm³/mol. The molecular weight excluding hydrogens is 299 g/mol. The van der Waals surface area contributed by atoms with Gasteiger partial charge in [-0.1, -0.05) is 0 Å². The molecule has 0 atom stereocenters. The van der Waals surface area contributed by atoms with Gasteiger partial charge in [0.15, 0.2) is 11.5 Å². The smallest absolute Gasteiger partial charge is 0.363 e. The van der Waals surface area contributed by atoms with Crippen molar-refractivity contribution in [3.8, 4) is 11.3 Å². The molecule has 2 aromatic heterocycles. The van der Waals surface area contributed by atoms with Crippen LogP contribution in [0.3, 0.4) is 0 Å². The lowest BCUT2D eigenvalue weighted by molar-refractivity contribution is -0.141. The molecule has 1 aliphatic carbocycles. The van der Waals surface area contributed by atoms with Crippen molar-refractivity contribution in [2.75, 3.05) is 0 Å². The summed E-state index contributed by atoms with van der Waals surface area (Å²) in [6, 6.07) is -0.00121. The van der Waals surface area contributed by atoms with Crippen LogP contribution in [0.5, 0.6) is 0 Å². The van der Waals surface area contributed by atoms with Gasteiger partial charge in [0.1, 0.15) is 0 Å². The first-order valence-electron chi connectivity index (χ1n) is 6.77. The van der Waals surface area contributed by atoms with E-state index in [1.165, 1.54) is 28.7 Å². The molecule has 1 saturated carbocycles. The van der Waals surface area contributed by atoms with Gasteiger partial charge in [0.25, 0.3) is 5.91 Å². The molecular formula is C13H14F3N5O. The lowest BCUT2D eigenvalue weighted by Gasteiger charge is -2.25. The number of amides is 1. The second-order valence-corrected chi connectivity index (χ2v) is 5.34. The van der Waals surface area contributed by atoms with Crippen LogP contribution in [0.15, 0.2) is 12.4 Å². The van der Waals surface area contributed by atoms with Crippen LogP contribution in [0.25, 0.3) is 11.3 Å². The normalized spacial score (nSPS) is 15.8. The highest BCUT2D eigenvalue weighted by molar-refractivity contribution is 5.90. The highest BCUT2D eigenvalue weighted by atomic mass is 19.4. The summed E-state index contributed by atoms with van der Waals surface area (Å²) >= 11 is 0. The van der Waals surface area contributed by atoms with E-state index in [0.717, 1.165) is 19.3 Å². The standard InChI is InChI=1S/C13H14F3N5O/c1-20-9(5-18-12(20)11(17)22)8-6-21(7-3-2-4-7)19-10(8)13(14,15)16/h5-7H,2-4H2,1H3,(H2,17,22). The number of halogens is 3. The summed E-state index contributed by atoms with van der Waals surface area (Å²) in [5, 5.41) is 3.71. The van der Waals surface area contributed by atoms with Crippen LogP contribution in [0.1, 0.15) is 41.6 Å². The topological polar surface area (TPSA) is 78.7 Å². The summed E-state index contributed by atoms with van der Waals surface area (Å²) in [6.45, 7) is 0. The molecule has 0 unspecified atom stereocenters. The summed E-state index contributed by atoms with van der Waals surface area (Å²) in [4.78, 5) is 15.0. The first-order valence-corrected chi connectivity index (χ1v) is 6.77. The second-order valence-electron chi connectivity index (χ2n) is 5.34. The molecule has 2 aromatic rings. The Hall–Kier alpha value is -2.32. The molecule has 2 N–H and O–H groups in total. The van der Waals surface area contributed by atoms with Crippen molar-refractivity contribution in [1.29, 1.82) is 0 Å². The molecule has 1 amide bonds. The van der Waals surface area contributed by atoms with E-state index in [4.69, 9.17) is 5.73 Å². The first kappa shape index (κ1) is 14.6. The lowest BCUT2D eigenvalue weighted by atomic mass is 9.93. The third-order valence-electron chi connectivity index (χ3n) is 3.93. The van der Waals surface area contributed by atoms with E-state index >= 15 is 0 Å².